The van der Waals surface area contributed by atoms with Gasteiger partial charge in [0.05, 0.1) is 17.1 Å². The summed E-state index contributed by atoms with van der Waals surface area (Å²) < 4.78 is 1.86. The summed E-state index contributed by atoms with van der Waals surface area (Å²) in [7, 11) is 0. The minimum absolute atomic E-state index is 0.173. The zero-order valence-corrected chi connectivity index (χ0v) is 12.3. The van der Waals surface area contributed by atoms with E-state index < -0.39 is 0 Å². The first-order valence-electron chi connectivity index (χ1n) is 7.03. The molecule has 4 nitrogen and oxygen atoms in total. The molecule has 0 atom stereocenters. The zero-order valence-electron chi connectivity index (χ0n) is 11.6. The van der Waals surface area contributed by atoms with Crippen molar-refractivity contribution in [1.29, 1.82) is 0 Å². The number of pyridine rings is 1. The van der Waals surface area contributed by atoms with E-state index in [0.717, 1.165) is 43.2 Å². The number of aromatic nitrogens is 2. The van der Waals surface area contributed by atoms with Gasteiger partial charge in [-0.05, 0) is 30.9 Å². The molecule has 0 bridgehead atoms. The van der Waals surface area contributed by atoms with Crippen LogP contribution in [0.5, 0.6) is 0 Å². The van der Waals surface area contributed by atoms with Gasteiger partial charge in [0, 0.05) is 25.5 Å². The number of carbonyl (C=O) groups excluding carboxylic acids is 1. The van der Waals surface area contributed by atoms with Crippen molar-refractivity contribution in [3.8, 4) is 0 Å². The van der Waals surface area contributed by atoms with Crippen LogP contribution < -0.4 is 0 Å². The molecule has 1 aliphatic rings. The summed E-state index contributed by atoms with van der Waals surface area (Å²) in [5.74, 6) is 0.905. The summed E-state index contributed by atoms with van der Waals surface area (Å²) in [6.07, 6.45) is 6.26. The Morgan fingerprint density at radius 3 is 2.85 bits per heavy atom. The zero-order chi connectivity index (χ0) is 14.1. The van der Waals surface area contributed by atoms with Crippen molar-refractivity contribution < 1.29 is 4.79 Å². The van der Waals surface area contributed by atoms with Crippen LogP contribution >= 0.6 is 11.6 Å². The molecule has 0 aliphatic carbocycles. The molecule has 1 saturated heterocycles. The number of amides is 1. The average Bonchev–Trinajstić information content (AvgIpc) is 2.80. The normalized spacial score (nSPS) is 16.8. The van der Waals surface area contributed by atoms with Crippen LogP contribution in [0.1, 0.15) is 25.5 Å². The van der Waals surface area contributed by atoms with Gasteiger partial charge in [0.1, 0.15) is 5.65 Å². The van der Waals surface area contributed by atoms with Gasteiger partial charge in [-0.25, -0.2) is 4.98 Å². The lowest BCUT2D eigenvalue weighted by molar-refractivity contribution is -0.131. The van der Waals surface area contributed by atoms with E-state index in [0.29, 0.717) is 11.4 Å². The number of carbonyl (C=O) groups is 1. The molecule has 0 aromatic carbocycles. The lowest BCUT2D eigenvalue weighted by Crippen LogP contribution is -2.38. The lowest BCUT2D eigenvalue weighted by atomic mass is 9.99. The predicted octanol–water partition coefficient (Wildman–Crippen LogP) is 2.79. The Hall–Kier alpha value is -1.55. The van der Waals surface area contributed by atoms with Crippen molar-refractivity contribution in [3.63, 3.8) is 0 Å². The van der Waals surface area contributed by atoms with Gasteiger partial charge in [0.2, 0.25) is 5.91 Å². The van der Waals surface area contributed by atoms with E-state index in [9.17, 15) is 4.79 Å². The van der Waals surface area contributed by atoms with E-state index >= 15 is 0 Å². The third-order valence-corrected chi connectivity index (χ3v) is 4.16. The number of imidazole rings is 1. The van der Waals surface area contributed by atoms with Crippen LogP contribution in [-0.4, -0.2) is 33.3 Å². The molecule has 0 radical (unpaired) electrons. The number of piperidine rings is 1. The van der Waals surface area contributed by atoms with Crippen LogP contribution in [0.4, 0.5) is 0 Å². The van der Waals surface area contributed by atoms with Crippen molar-refractivity contribution in [3.05, 3.63) is 35.2 Å². The first kappa shape index (κ1) is 13.4. The maximum absolute atomic E-state index is 12.3. The molecule has 5 heteroatoms. The van der Waals surface area contributed by atoms with Gasteiger partial charge in [-0.15, -0.1) is 0 Å². The second-order valence-corrected chi connectivity index (χ2v) is 6.02. The quantitative estimate of drug-likeness (QED) is 0.853. The van der Waals surface area contributed by atoms with Crippen LogP contribution in [0.25, 0.3) is 5.65 Å². The first-order valence-corrected chi connectivity index (χ1v) is 7.40. The SMILES string of the molecule is CC1CCN(C(=O)Cc2cn3cc(Cl)ccc3n2)CC1. The van der Waals surface area contributed by atoms with Crippen LogP contribution in [-0.2, 0) is 11.2 Å². The Balaban J connectivity index is 1.71. The molecule has 20 heavy (non-hydrogen) atoms. The third-order valence-electron chi connectivity index (χ3n) is 3.93. The summed E-state index contributed by atoms with van der Waals surface area (Å²) in [5.41, 5.74) is 1.63. The molecule has 1 aliphatic heterocycles. The van der Waals surface area contributed by atoms with Gasteiger partial charge in [-0.2, -0.15) is 0 Å². The summed E-state index contributed by atoms with van der Waals surface area (Å²) in [4.78, 5) is 18.7. The third kappa shape index (κ3) is 2.80. The van der Waals surface area contributed by atoms with Crippen LogP contribution in [0.3, 0.4) is 0 Å². The molecule has 3 rings (SSSR count). The first-order chi connectivity index (χ1) is 9.61. The Labute approximate surface area is 123 Å². The van der Waals surface area contributed by atoms with Gasteiger partial charge in [-0.3, -0.25) is 4.79 Å². The maximum atomic E-state index is 12.3. The van der Waals surface area contributed by atoms with Gasteiger partial charge < -0.3 is 9.30 Å². The summed E-state index contributed by atoms with van der Waals surface area (Å²) in [5, 5.41) is 0.665. The summed E-state index contributed by atoms with van der Waals surface area (Å²) >= 11 is 5.95. The Kier molecular flexibility index (Phi) is 3.66. The Bertz CT molecular complexity index is 629. The molecular formula is C15H18ClN3O. The summed E-state index contributed by atoms with van der Waals surface area (Å²) in [6, 6.07) is 3.67. The van der Waals surface area contributed by atoms with Gasteiger partial charge in [-0.1, -0.05) is 18.5 Å². The Morgan fingerprint density at radius 1 is 1.35 bits per heavy atom. The van der Waals surface area contributed by atoms with Crippen LogP contribution in [0, 0.1) is 5.92 Å². The highest BCUT2D eigenvalue weighted by Gasteiger charge is 2.21. The molecule has 1 amide bonds. The molecule has 0 N–H and O–H groups in total. The second-order valence-electron chi connectivity index (χ2n) is 5.59. The molecule has 0 unspecified atom stereocenters. The van der Waals surface area contributed by atoms with E-state index in [2.05, 4.69) is 11.9 Å². The van der Waals surface area contributed by atoms with E-state index in [1.165, 1.54) is 0 Å². The van der Waals surface area contributed by atoms with Crippen molar-refractivity contribution >= 4 is 23.2 Å². The largest absolute Gasteiger partial charge is 0.342 e. The predicted molar refractivity (Wildman–Crippen MR) is 78.9 cm³/mol. The lowest BCUT2D eigenvalue weighted by Gasteiger charge is -2.30. The second kappa shape index (κ2) is 5.44. The van der Waals surface area contributed by atoms with E-state index in [1.54, 1.807) is 6.20 Å². The maximum Gasteiger partial charge on any atom is 0.228 e. The number of hydrogen-bond acceptors (Lipinski definition) is 2. The smallest absolute Gasteiger partial charge is 0.228 e. The number of rotatable bonds is 2. The van der Waals surface area contributed by atoms with Gasteiger partial charge in [0.15, 0.2) is 0 Å². The van der Waals surface area contributed by atoms with Crippen molar-refractivity contribution in [2.24, 2.45) is 5.92 Å². The molecule has 106 valence electrons. The molecule has 2 aromatic rings. The summed E-state index contributed by atoms with van der Waals surface area (Å²) in [6.45, 7) is 3.99. The average molecular weight is 292 g/mol. The van der Waals surface area contributed by atoms with Crippen LogP contribution in [0.2, 0.25) is 5.02 Å². The molecule has 3 heterocycles. The van der Waals surface area contributed by atoms with E-state index in [1.807, 2.05) is 27.6 Å². The monoisotopic (exact) mass is 291 g/mol. The highest BCUT2D eigenvalue weighted by Crippen LogP contribution is 2.17. The molecule has 2 aromatic heterocycles. The van der Waals surface area contributed by atoms with Gasteiger partial charge in [0.25, 0.3) is 0 Å². The Morgan fingerprint density at radius 2 is 2.10 bits per heavy atom. The van der Waals surface area contributed by atoms with Crippen molar-refractivity contribution in [1.82, 2.24) is 14.3 Å². The highest BCUT2D eigenvalue weighted by atomic mass is 35.5. The number of halogens is 1. The topological polar surface area (TPSA) is 37.6 Å². The number of fused-ring (bicyclic) bond motifs is 1. The minimum Gasteiger partial charge on any atom is -0.342 e. The number of nitrogens with zero attached hydrogens (tertiary/aromatic N) is 3. The minimum atomic E-state index is 0.173. The standard InChI is InChI=1S/C15H18ClN3O/c1-11-4-6-18(7-5-11)15(20)8-13-10-19-9-12(16)2-3-14(19)17-13/h2-3,9-11H,4-8H2,1H3. The van der Waals surface area contributed by atoms with E-state index in [-0.39, 0.29) is 5.91 Å². The molecule has 0 spiro atoms. The van der Waals surface area contributed by atoms with E-state index in [4.69, 9.17) is 11.6 Å². The number of hydrogen-bond donors (Lipinski definition) is 0. The highest BCUT2D eigenvalue weighted by molar-refractivity contribution is 6.30. The fourth-order valence-corrected chi connectivity index (χ4v) is 2.80. The number of likely N-dealkylation sites (tertiary alicyclic amines) is 1. The van der Waals surface area contributed by atoms with Gasteiger partial charge >= 0.3 is 0 Å². The van der Waals surface area contributed by atoms with Crippen molar-refractivity contribution in [2.75, 3.05) is 13.1 Å². The molecule has 1 fully saturated rings. The fraction of sp³-hybridized carbons (Fsp3) is 0.467. The van der Waals surface area contributed by atoms with Crippen LogP contribution in [0.15, 0.2) is 24.5 Å². The molecular weight excluding hydrogens is 274 g/mol. The fourth-order valence-electron chi connectivity index (χ4n) is 2.63. The molecule has 0 saturated carbocycles. The van der Waals surface area contributed by atoms with Crippen molar-refractivity contribution in [2.45, 2.75) is 26.2 Å².